The molecular formula is C15H24ClN3. The second-order valence-electron chi connectivity index (χ2n) is 5.69. The lowest BCUT2D eigenvalue weighted by Crippen LogP contribution is -2.40. The largest absolute Gasteiger partial charge is 0.316 e. The number of hydrogen-bond acceptors (Lipinski definition) is 3. The number of piperidine rings is 1. The molecule has 0 aromatic carbocycles. The normalized spacial score (nSPS) is 20.2. The number of halogens is 1. The van der Waals surface area contributed by atoms with Crippen LogP contribution in [-0.4, -0.2) is 35.6 Å². The van der Waals surface area contributed by atoms with Crippen LogP contribution in [0.15, 0.2) is 18.3 Å². The van der Waals surface area contributed by atoms with Gasteiger partial charge in [-0.1, -0.05) is 17.7 Å². The first-order chi connectivity index (χ1) is 9.16. The van der Waals surface area contributed by atoms with Gasteiger partial charge in [-0.2, -0.15) is 0 Å². The number of hydrogen-bond donors (Lipinski definition) is 1. The molecule has 1 aliphatic heterocycles. The van der Waals surface area contributed by atoms with Crippen LogP contribution in [0.1, 0.15) is 32.3 Å². The molecule has 0 spiro atoms. The van der Waals surface area contributed by atoms with E-state index in [1.54, 1.807) is 6.20 Å². The maximum atomic E-state index is 6.17. The highest BCUT2D eigenvalue weighted by Gasteiger charge is 2.19. The predicted octanol–water partition coefficient (Wildman–Crippen LogP) is 2.95. The van der Waals surface area contributed by atoms with Crippen molar-refractivity contribution in [3.8, 4) is 0 Å². The molecule has 0 amide bonds. The van der Waals surface area contributed by atoms with E-state index in [9.17, 15) is 0 Å². The number of pyridine rings is 1. The lowest BCUT2D eigenvalue weighted by atomic mass is 9.98. The molecule has 0 saturated carbocycles. The van der Waals surface area contributed by atoms with Gasteiger partial charge in [0.05, 0.1) is 0 Å². The molecular weight excluding hydrogens is 258 g/mol. The summed E-state index contributed by atoms with van der Waals surface area (Å²) < 4.78 is 0. The maximum absolute atomic E-state index is 6.17. The molecule has 1 unspecified atom stereocenters. The van der Waals surface area contributed by atoms with Crippen LogP contribution in [-0.2, 0) is 6.54 Å². The summed E-state index contributed by atoms with van der Waals surface area (Å²) >= 11 is 6.17. The van der Waals surface area contributed by atoms with Crippen LogP contribution in [0.4, 0.5) is 0 Å². The van der Waals surface area contributed by atoms with E-state index >= 15 is 0 Å². The Balaban J connectivity index is 1.97. The van der Waals surface area contributed by atoms with E-state index in [-0.39, 0.29) is 0 Å². The third kappa shape index (κ3) is 4.44. The fourth-order valence-corrected chi connectivity index (χ4v) is 2.80. The molecule has 2 rings (SSSR count). The Hall–Kier alpha value is -0.640. The fraction of sp³-hybridized carbons (Fsp3) is 0.667. The minimum Gasteiger partial charge on any atom is -0.316 e. The van der Waals surface area contributed by atoms with E-state index in [4.69, 9.17) is 11.6 Å². The zero-order chi connectivity index (χ0) is 13.7. The highest BCUT2D eigenvalue weighted by atomic mass is 35.5. The zero-order valence-corrected chi connectivity index (χ0v) is 12.7. The summed E-state index contributed by atoms with van der Waals surface area (Å²) in [4.78, 5) is 6.67. The summed E-state index contributed by atoms with van der Waals surface area (Å²) in [5, 5.41) is 4.12. The first kappa shape index (κ1) is 14.8. The van der Waals surface area contributed by atoms with Gasteiger partial charge in [-0.15, -0.1) is 0 Å². The topological polar surface area (TPSA) is 28.2 Å². The van der Waals surface area contributed by atoms with Gasteiger partial charge in [0.1, 0.15) is 5.15 Å². The van der Waals surface area contributed by atoms with Gasteiger partial charge in [0.15, 0.2) is 0 Å². The SMILES string of the molecule is CC(C)N(Cc1cccnc1Cl)CC1CCCNC1. The van der Waals surface area contributed by atoms with Crippen LogP contribution in [0.5, 0.6) is 0 Å². The number of nitrogens with zero attached hydrogens (tertiary/aromatic N) is 2. The van der Waals surface area contributed by atoms with Gasteiger partial charge < -0.3 is 5.32 Å². The molecule has 4 heteroatoms. The van der Waals surface area contributed by atoms with Crippen LogP contribution < -0.4 is 5.32 Å². The van der Waals surface area contributed by atoms with E-state index in [0.717, 1.165) is 31.1 Å². The van der Waals surface area contributed by atoms with Gasteiger partial charge in [-0.25, -0.2) is 4.98 Å². The van der Waals surface area contributed by atoms with Crippen molar-refractivity contribution >= 4 is 11.6 Å². The summed E-state index contributed by atoms with van der Waals surface area (Å²) in [7, 11) is 0. The molecule has 0 radical (unpaired) electrons. The predicted molar refractivity (Wildman–Crippen MR) is 80.4 cm³/mol. The highest BCUT2D eigenvalue weighted by Crippen LogP contribution is 2.19. The molecule has 1 aliphatic rings. The van der Waals surface area contributed by atoms with Crippen molar-refractivity contribution in [3.05, 3.63) is 29.0 Å². The van der Waals surface area contributed by atoms with Gasteiger partial charge in [-0.05, 0) is 51.8 Å². The Labute approximate surface area is 121 Å². The average Bonchev–Trinajstić information content (AvgIpc) is 2.41. The Bertz CT molecular complexity index is 389. The van der Waals surface area contributed by atoms with Crippen LogP contribution in [0.3, 0.4) is 0 Å². The first-order valence-electron chi connectivity index (χ1n) is 7.21. The van der Waals surface area contributed by atoms with Gasteiger partial charge >= 0.3 is 0 Å². The summed E-state index contributed by atoms with van der Waals surface area (Å²) in [6.07, 6.45) is 4.37. The van der Waals surface area contributed by atoms with Crippen LogP contribution in [0.25, 0.3) is 0 Å². The van der Waals surface area contributed by atoms with Crippen molar-refractivity contribution in [1.29, 1.82) is 0 Å². The van der Waals surface area contributed by atoms with Crippen LogP contribution in [0.2, 0.25) is 5.15 Å². The Morgan fingerprint density at radius 3 is 3.00 bits per heavy atom. The molecule has 3 nitrogen and oxygen atoms in total. The second-order valence-corrected chi connectivity index (χ2v) is 6.05. The molecule has 1 fully saturated rings. The monoisotopic (exact) mass is 281 g/mol. The summed E-state index contributed by atoms with van der Waals surface area (Å²) in [6, 6.07) is 4.56. The van der Waals surface area contributed by atoms with Gasteiger partial charge in [0.2, 0.25) is 0 Å². The minimum absolute atomic E-state index is 0.526. The van der Waals surface area contributed by atoms with E-state index in [0.29, 0.717) is 11.2 Å². The number of aromatic nitrogens is 1. The molecule has 0 aliphatic carbocycles. The molecule has 1 N–H and O–H groups in total. The standard InChI is InChI=1S/C15H24ClN3/c1-12(2)19(10-13-5-3-7-17-9-13)11-14-6-4-8-18-15(14)16/h4,6,8,12-13,17H,3,5,7,9-11H2,1-2H3. The number of nitrogens with one attached hydrogen (secondary N) is 1. The summed E-state index contributed by atoms with van der Waals surface area (Å²) in [6.45, 7) is 8.84. The second kappa shape index (κ2) is 7.22. The van der Waals surface area contributed by atoms with Crippen LogP contribution >= 0.6 is 11.6 Å². The lowest BCUT2D eigenvalue weighted by molar-refractivity contribution is 0.164. The van der Waals surface area contributed by atoms with Crippen molar-refractivity contribution in [2.75, 3.05) is 19.6 Å². The quantitative estimate of drug-likeness (QED) is 0.841. The van der Waals surface area contributed by atoms with Gasteiger partial charge in [0.25, 0.3) is 0 Å². The zero-order valence-electron chi connectivity index (χ0n) is 11.9. The average molecular weight is 282 g/mol. The van der Waals surface area contributed by atoms with E-state index < -0.39 is 0 Å². The van der Waals surface area contributed by atoms with Gasteiger partial charge in [0, 0.05) is 30.9 Å². The van der Waals surface area contributed by atoms with Gasteiger partial charge in [-0.3, -0.25) is 4.90 Å². The molecule has 106 valence electrons. The lowest BCUT2D eigenvalue weighted by Gasteiger charge is -2.32. The third-order valence-electron chi connectivity index (χ3n) is 3.83. The Morgan fingerprint density at radius 2 is 2.37 bits per heavy atom. The molecule has 1 aromatic heterocycles. The molecule has 19 heavy (non-hydrogen) atoms. The molecule has 0 bridgehead atoms. The highest BCUT2D eigenvalue weighted by molar-refractivity contribution is 6.30. The first-order valence-corrected chi connectivity index (χ1v) is 7.58. The third-order valence-corrected chi connectivity index (χ3v) is 4.17. The van der Waals surface area contributed by atoms with E-state index in [2.05, 4.69) is 35.1 Å². The Kier molecular flexibility index (Phi) is 5.61. The smallest absolute Gasteiger partial charge is 0.133 e. The molecule has 1 saturated heterocycles. The molecule has 1 aromatic rings. The van der Waals surface area contributed by atoms with Crippen molar-refractivity contribution in [3.63, 3.8) is 0 Å². The maximum Gasteiger partial charge on any atom is 0.133 e. The minimum atomic E-state index is 0.526. The molecule has 1 atom stereocenters. The van der Waals surface area contributed by atoms with Crippen molar-refractivity contribution in [1.82, 2.24) is 15.2 Å². The fourth-order valence-electron chi connectivity index (χ4n) is 2.63. The van der Waals surface area contributed by atoms with Crippen molar-refractivity contribution < 1.29 is 0 Å². The molecule has 2 heterocycles. The van der Waals surface area contributed by atoms with E-state index in [1.807, 2.05) is 6.07 Å². The summed E-state index contributed by atoms with van der Waals surface area (Å²) in [5.41, 5.74) is 1.13. The summed E-state index contributed by atoms with van der Waals surface area (Å²) in [5.74, 6) is 0.756. The van der Waals surface area contributed by atoms with Crippen LogP contribution in [0, 0.1) is 5.92 Å². The number of rotatable bonds is 5. The van der Waals surface area contributed by atoms with E-state index in [1.165, 1.54) is 19.4 Å². The van der Waals surface area contributed by atoms with Crippen molar-refractivity contribution in [2.45, 2.75) is 39.3 Å². The Morgan fingerprint density at radius 1 is 1.53 bits per heavy atom. The van der Waals surface area contributed by atoms with Crippen molar-refractivity contribution in [2.24, 2.45) is 5.92 Å².